The Morgan fingerprint density at radius 3 is 2.38 bits per heavy atom. The molecule has 24 heavy (non-hydrogen) atoms. The summed E-state index contributed by atoms with van der Waals surface area (Å²) in [4.78, 5) is 0. The van der Waals surface area contributed by atoms with Crippen molar-refractivity contribution in [2.75, 3.05) is 0 Å². The average molecular weight is 396 g/mol. The Balaban J connectivity index is 2.06. The van der Waals surface area contributed by atoms with Gasteiger partial charge in [0, 0.05) is 0 Å². The van der Waals surface area contributed by atoms with Crippen LogP contribution in [-0.4, -0.2) is 15.0 Å². The van der Waals surface area contributed by atoms with E-state index in [1.165, 1.54) is 41.6 Å². The Kier molecular flexibility index (Phi) is 4.10. The molecule has 0 aliphatic carbocycles. The fraction of sp³-hybridized carbons (Fsp3) is 0.0909. The molecule has 4 rings (SSSR count). The van der Waals surface area contributed by atoms with Crippen molar-refractivity contribution in [3.63, 3.8) is 0 Å². The predicted octanol–water partition coefficient (Wildman–Crippen LogP) is 4.92. The van der Waals surface area contributed by atoms with Gasteiger partial charge in [-0.05, 0) is 0 Å². The number of fused-ring (bicyclic) bond motifs is 3. The summed E-state index contributed by atoms with van der Waals surface area (Å²) in [6.45, 7) is 4.39. The van der Waals surface area contributed by atoms with E-state index in [0.29, 0.717) is 0 Å². The maximum absolute atomic E-state index is 6.25. The van der Waals surface area contributed by atoms with Gasteiger partial charge in [-0.15, -0.1) is 0 Å². The van der Waals surface area contributed by atoms with E-state index >= 15 is 0 Å². The van der Waals surface area contributed by atoms with Gasteiger partial charge in [-0.25, -0.2) is 0 Å². The Morgan fingerprint density at radius 2 is 1.58 bits per heavy atom. The summed E-state index contributed by atoms with van der Waals surface area (Å²) >= 11 is 6.52. The molecule has 0 N–H and O–H groups in total. The second-order valence-electron chi connectivity index (χ2n) is 6.16. The molecule has 0 heterocycles. The molecule has 0 bridgehead atoms. The molecule has 0 aliphatic rings. The molecule has 0 radical (unpaired) electrons. The standard InChI is InChI=1S/C22H17ClSe/c1-14-10-15(2)22-20(11-14)19-9-8-17(23)12-16(19)13-21(22)24-18-6-4-3-5-7-18/h3-13H,1-2H3. The molecular weight excluding hydrogens is 379 g/mol. The van der Waals surface area contributed by atoms with E-state index in [1.54, 1.807) is 0 Å². The van der Waals surface area contributed by atoms with Crippen LogP contribution in [0.1, 0.15) is 11.1 Å². The molecule has 118 valence electrons. The molecule has 0 amide bonds. The van der Waals surface area contributed by atoms with Crippen LogP contribution in [0.2, 0.25) is 5.02 Å². The summed E-state index contributed by atoms with van der Waals surface area (Å²) in [5, 5.41) is 6.06. The van der Waals surface area contributed by atoms with Gasteiger partial charge in [-0.3, -0.25) is 0 Å². The first-order chi connectivity index (χ1) is 11.6. The first-order valence-electron chi connectivity index (χ1n) is 7.98. The Bertz CT molecular complexity index is 1050. The van der Waals surface area contributed by atoms with Crippen molar-refractivity contribution in [1.29, 1.82) is 0 Å². The Hall–Kier alpha value is -1.79. The van der Waals surface area contributed by atoms with Crippen LogP contribution in [0.4, 0.5) is 0 Å². The van der Waals surface area contributed by atoms with Gasteiger partial charge >= 0.3 is 154 Å². The third-order valence-corrected chi connectivity index (χ3v) is 6.73. The third-order valence-electron chi connectivity index (χ3n) is 4.29. The molecule has 0 aliphatic heterocycles. The minimum absolute atomic E-state index is 0.274. The molecule has 0 atom stereocenters. The molecule has 4 aromatic rings. The quantitative estimate of drug-likeness (QED) is 0.334. The van der Waals surface area contributed by atoms with Crippen LogP contribution in [0.5, 0.6) is 0 Å². The Labute approximate surface area is 153 Å². The van der Waals surface area contributed by atoms with Crippen LogP contribution in [-0.2, 0) is 0 Å². The monoisotopic (exact) mass is 396 g/mol. The van der Waals surface area contributed by atoms with Crippen molar-refractivity contribution in [2.45, 2.75) is 13.8 Å². The number of halogens is 1. The van der Waals surface area contributed by atoms with Crippen LogP contribution in [0, 0.1) is 13.8 Å². The topological polar surface area (TPSA) is 0 Å². The summed E-state index contributed by atoms with van der Waals surface area (Å²) in [5.74, 6) is 0. The van der Waals surface area contributed by atoms with Crippen LogP contribution in [0.3, 0.4) is 0 Å². The summed E-state index contributed by atoms with van der Waals surface area (Å²) in [7, 11) is 0. The van der Waals surface area contributed by atoms with E-state index in [9.17, 15) is 0 Å². The van der Waals surface area contributed by atoms with Crippen LogP contribution in [0.25, 0.3) is 21.5 Å². The number of hydrogen-bond donors (Lipinski definition) is 0. The number of benzene rings is 4. The first kappa shape index (κ1) is 15.7. The molecule has 2 heteroatoms. The summed E-state index contributed by atoms with van der Waals surface area (Å²) in [6.07, 6.45) is 0. The molecule has 4 aromatic carbocycles. The zero-order valence-electron chi connectivity index (χ0n) is 13.6. The second kappa shape index (κ2) is 6.26. The molecule has 0 saturated carbocycles. The van der Waals surface area contributed by atoms with Gasteiger partial charge < -0.3 is 0 Å². The molecule has 0 aromatic heterocycles. The molecule has 0 fully saturated rings. The third kappa shape index (κ3) is 2.84. The van der Waals surface area contributed by atoms with E-state index in [4.69, 9.17) is 11.6 Å². The van der Waals surface area contributed by atoms with Gasteiger partial charge in [-0.1, -0.05) is 0 Å². The normalized spacial score (nSPS) is 11.3. The number of aryl methyl sites for hydroxylation is 2. The van der Waals surface area contributed by atoms with Crippen LogP contribution < -0.4 is 8.92 Å². The van der Waals surface area contributed by atoms with Crippen molar-refractivity contribution < 1.29 is 0 Å². The van der Waals surface area contributed by atoms with E-state index in [1.807, 2.05) is 6.07 Å². The fourth-order valence-corrected chi connectivity index (χ4v) is 5.82. The minimum atomic E-state index is 0.274. The average Bonchev–Trinajstić information content (AvgIpc) is 2.54. The number of hydrogen-bond acceptors (Lipinski definition) is 0. The molecule has 0 nitrogen and oxygen atoms in total. The molecule has 0 spiro atoms. The first-order valence-corrected chi connectivity index (χ1v) is 10.1. The second-order valence-corrected chi connectivity index (χ2v) is 8.94. The predicted molar refractivity (Wildman–Crippen MR) is 107 cm³/mol. The van der Waals surface area contributed by atoms with Gasteiger partial charge in [0.1, 0.15) is 0 Å². The van der Waals surface area contributed by atoms with Gasteiger partial charge in [-0.2, -0.15) is 0 Å². The van der Waals surface area contributed by atoms with E-state index < -0.39 is 0 Å². The Morgan fingerprint density at radius 1 is 0.792 bits per heavy atom. The molecular formula is C22H17ClSe. The molecule has 0 unspecified atom stereocenters. The number of rotatable bonds is 2. The van der Waals surface area contributed by atoms with Gasteiger partial charge in [0.15, 0.2) is 0 Å². The van der Waals surface area contributed by atoms with E-state index in [-0.39, 0.29) is 15.0 Å². The van der Waals surface area contributed by atoms with Crippen molar-refractivity contribution in [2.24, 2.45) is 0 Å². The van der Waals surface area contributed by atoms with Gasteiger partial charge in [0.25, 0.3) is 0 Å². The fourth-order valence-electron chi connectivity index (χ4n) is 3.31. The van der Waals surface area contributed by atoms with Crippen molar-refractivity contribution in [1.82, 2.24) is 0 Å². The zero-order valence-corrected chi connectivity index (χ0v) is 16.1. The van der Waals surface area contributed by atoms with E-state index in [2.05, 4.69) is 74.5 Å². The zero-order chi connectivity index (χ0) is 16.7. The summed E-state index contributed by atoms with van der Waals surface area (Å²) in [6, 6.07) is 23.9. The van der Waals surface area contributed by atoms with Crippen molar-refractivity contribution in [3.8, 4) is 0 Å². The van der Waals surface area contributed by atoms with Crippen LogP contribution >= 0.6 is 11.6 Å². The van der Waals surface area contributed by atoms with E-state index in [0.717, 1.165) is 5.02 Å². The maximum atomic E-state index is 6.25. The summed E-state index contributed by atoms with van der Waals surface area (Å²) < 4.78 is 2.82. The SMILES string of the molecule is Cc1cc(C)c2c([Se]c3ccccc3)cc3cc(Cl)ccc3c2c1. The molecule has 0 saturated heterocycles. The van der Waals surface area contributed by atoms with Crippen molar-refractivity contribution in [3.05, 3.63) is 82.9 Å². The van der Waals surface area contributed by atoms with Gasteiger partial charge in [0.05, 0.1) is 0 Å². The summed E-state index contributed by atoms with van der Waals surface area (Å²) in [5.41, 5.74) is 2.66. The van der Waals surface area contributed by atoms with Gasteiger partial charge in [0.2, 0.25) is 0 Å². The van der Waals surface area contributed by atoms with Crippen molar-refractivity contribution >= 4 is 57.0 Å². The van der Waals surface area contributed by atoms with Crippen LogP contribution in [0.15, 0.2) is 66.7 Å².